The Bertz CT molecular complexity index is 582. The lowest BCUT2D eigenvalue weighted by molar-refractivity contribution is -0.118. The minimum absolute atomic E-state index is 0.00632. The summed E-state index contributed by atoms with van der Waals surface area (Å²) in [4.78, 5) is 12.8. The molecule has 0 spiro atoms. The molecular weight excluding hydrogens is 336 g/mol. The average molecular weight is 355 g/mol. The number of hydrogen-bond acceptors (Lipinski definition) is 2. The quantitative estimate of drug-likeness (QED) is 0.813. The number of benzene rings is 1. The minimum Gasteiger partial charge on any atom is -0.389 e. The molecule has 0 atom stereocenters. The van der Waals surface area contributed by atoms with Crippen LogP contribution in [-0.2, 0) is 4.79 Å². The fourth-order valence-corrected chi connectivity index (χ4v) is 3.43. The Morgan fingerprint density at radius 2 is 1.85 bits per heavy atom. The van der Waals surface area contributed by atoms with Crippen molar-refractivity contribution in [2.75, 3.05) is 5.32 Å². The molecule has 5 heteroatoms. The van der Waals surface area contributed by atoms with Gasteiger partial charge in [0.15, 0.2) is 0 Å². The second-order valence-electron chi connectivity index (χ2n) is 6.42. The van der Waals surface area contributed by atoms with E-state index in [9.17, 15) is 4.79 Å². The number of hydrogen-bond donors (Lipinski definition) is 2. The van der Waals surface area contributed by atoms with Crippen LogP contribution in [-0.4, -0.2) is 10.9 Å². The minimum atomic E-state index is -0.00632. The van der Waals surface area contributed by atoms with Crippen molar-refractivity contribution in [3.05, 3.63) is 28.2 Å². The van der Waals surface area contributed by atoms with Gasteiger partial charge in [-0.05, 0) is 29.0 Å². The van der Waals surface area contributed by atoms with Crippen molar-refractivity contribution in [3.63, 3.8) is 0 Å². The van der Waals surface area contributed by atoms with Gasteiger partial charge >= 0.3 is 0 Å². The number of nitrogens with two attached hydrogens (primary N) is 1. The van der Waals surface area contributed by atoms with Crippen molar-refractivity contribution in [2.45, 2.75) is 27.7 Å². The van der Waals surface area contributed by atoms with Crippen molar-refractivity contribution in [1.82, 2.24) is 0 Å². The van der Waals surface area contributed by atoms with Crippen LogP contribution >= 0.6 is 28.1 Å². The second kappa shape index (κ2) is 4.81. The summed E-state index contributed by atoms with van der Waals surface area (Å²) in [6, 6.07) is 5.50. The number of carbonyl (C=O) groups is 1. The van der Waals surface area contributed by atoms with E-state index in [4.69, 9.17) is 18.0 Å². The molecule has 2 rings (SSSR count). The van der Waals surface area contributed by atoms with Gasteiger partial charge < -0.3 is 11.1 Å². The first-order valence-electron chi connectivity index (χ1n) is 6.49. The summed E-state index contributed by atoms with van der Waals surface area (Å²) in [5, 5.41) is 2.97. The standard InChI is InChI=1S/C15H19BrN2OS/c1-14(2)11(15(14,3)4)13(19)18-10-7-8(16)5-6-9(10)12(17)20/h5-7,11H,1-4H3,(H2,17,20)(H,18,19). The number of rotatable bonds is 3. The molecule has 0 bridgehead atoms. The monoisotopic (exact) mass is 354 g/mol. The maximum absolute atomic E-state index is 12.5. The highest BCUT2D eigenvalue weighted by atomic mass is 79.9. The molecule has 1 aliphatic carbocycles. The van der Waals surface area contributed by atoms with E-state index < -0.39 is 0 Å². The van der Waals surface area contributed by atoms with Gasteiger partial charge in [-0.15, -0.1) is 0 Å². The molecule has 1 amide bonds. The zero-order valence-corrected chi connectivity index (χ0v) is 14.5. The van der Waals surface area contributed by atoms with Crippen LogP contribution in [0.2, 0.25) is 0 Å². The Morgan fingerprint density at radius 1 is 1.30 bits per heavy atom. The van der Waals surface area contributed by atoms with Crippen LogP contribution in [0.25, 0.3) is 0 Å². The van der Waals surface area contributed by atoms with Crippen molar-refractivity contribution in [3.8, 4) is 0 Å². The molecule has 1 saturated carbocycles. The highest BCUT2D eigenvalue weighted by Crippen LogP contribution is 2.68. The van der Waals surface area contributed by atoms with Crippen LogP contribution in [0.1, 0.15) is 33.3 Å². The fourth-order valence-electron chi connectivity index (χ4n) is 2.89. The van der Waals surface area contributed by atoms with Crippen molar-refractivity contribution >= 4 is 44.7 Å². The van der Waals surface area contributed by atoms with Crippen LogP contribution in [0, 0.1) is 16.7 Å². The summed E-state index contributed by atoms with van der Waals surface area (Å²) in [6.45, 7) is 8.47. The Hall–Kier alpha value is -0.940. The summed E-state index contributed by atoms with van der Waals surface area (Å²) in [7, 11) is 0. The molecule has 20 heavy (non-hydrogen) atoms. The number of thiocarbonyl (C=S) groups is 1. The number of carbonyl (C=O) groups excluding carboxylic acids is 1. The third-order valence-electron chi connectivity index (χ3n) is 4.79. The second-order valence-corrected chi connectivity index (χ2v) is 7.78. The van der Waals surface area contributed by atoms with Crippen LogP contribution < -0.4 is 11.1 Å². The molecule has 1 aromatic carbocycles. The number of halogens is 1. The fraction of sp³-hybridized carbons (Fsp3) is 0.467. The summed E-state index contributed by atoms with van der Waals surface area (Å²) >= 11 is 8.43. The van der Waals surface area contributed by atoms with Gasteiger partial charge in [-0.1, -0.05) is 55.8 Å². The lowest BCUT2D eigenvalue weighted by Gasteiger charge is -2.11. The third kappa shape index (κ3) is 2.37. The maximum atomic E-state index is 12.5. The van der Waals surface area contributed by atoms with Gasteiger partial charge in [0.05, 0.1) is 5.69 Å². The van der Waals surface area contributed by atoms with Crippen LogP contribution in [0.15, 0.2) is 22.7 Å². The van der Waals surface area contributed by atoms with Gasteiger partial charge in [-0.25, -0.2) is 0 Å². The van der Waals surface area contributed by atoms with E-state index in [0.29, 0.717) is 11.3 Å². The molecule has 3 nitrogen and oxygen atoms in total. The zero-order chi connectivity index (χ0) is 15.3. The molecule has 1 fully saturated rings. The van der Waals surface area contributed by atoms with Gasteiger partial charge in [0, 0.05) is 16.0 Å². The molecule has 1 aromatic rings. The lowest BCUT2D eigenvalue weighted by Crippen LogP contribution is -2.21. The van der Waals surface area contributed by atoms with E-state index in [-0.39, 0.29) is 27.6 Å². The normalized spacial score (nSPS) is 19.4. The van der Waals surface area contributed by atoms with E-state index in [0.717, 1.165) is 4.47 Å². The van der Waals surface area contributed by atoms with Crippen molar-refractivity contribution in [1.29, 1.82) is 0 Å². The molecule has 3 N–H and O–H groups in total. The smallest absolute Gasteiger partial charge is 0.228 e. The van der Waals surface area contributed by atoms with Gasteiger partial charge in [-0.3, -0.25) is 4.79 Å². The Kier molecular flexibility index (Phi) is 3.71. The molecule has 0 unspecified atom stereocenters. The van der Waals surface area contributed by atoms with Crippen molar-refractivity contribution in [2.24, 2.45) is 22.5 Å². The van der Waals surface area contributed by atoms with Crippen molar-refractivity contribution < 1.29 is 4.79 Å². The Labute approximate surface area is 133 Å². The predicted octanol–water partition coefficient (Wildman–Crippen LogP) is 3.70. The van der Waals surface area contributed by atoms with Gasteiger partial charge in [-0.2, -0.15) is 0 Å². The highest BCUT2D eigenvalue weighted by Gasteiger charge is 2.68. The summed E-state index contributed by atoms with van der Waals surface area (Å²) in [5.74, 6) is 0.0174. The molecule has 0 heterocycles. The van der Waals surface area contributed by atoms with E-state index in [1.54, 1.807) is 0 Å². The van der Waals surface area contributed by atoms with Crippen LogP contribution in [0.5, 0.6) is 0 Å². The zero-order valence-electron chi connectivity index (χ0n) is 12.1. The molecular formula is C15H19BrN2OS. The van der Waals surface area contributed by atoms with E-state index in [1.807, 2.05) is 18.2 Å². The summed E-state index contributed by atoms with van der Waals surface area (Å²) < 4.78 is 0.877. The van der Waals surface area contributed by atoms with Crippen LogP contribution in [0.3, 0.4) is 0 Å². The lowest BCUT2D eigenvalue weighted by atomic mass is 10.0. The molecule has 0 aromatic heterocycles. The number of anilines is 1. The third-order valence-corrected chi connectivity index (χ3v) is 5.50. The molecule has 0 saturated heterocycles. The Balaban J connectivity index is 2.26. The number of nitrogens with one attached hydrogen (secondary N) is 1. The first kappa shape index (κ1) is 15.4. The van der Waals surface area contributed by atoms with E-state index >= 15 is 0 Å². The molecule has 0 aliphatic heterocycles. The first-order chi connectivity index (χ1) is 9.09. The SMILES string of the molecule is CC1(C)C(C(=O)Nc2cc(Br)ccc2C(N)=S)C1(C)C. The maximum Gasteiger partial charge on any atom is 0.228 e. The summed E-state index contributed by atoms with van der Waals surface area (Å²) in [5.41, 5.74) is 7.07. The predicted molar refractivity (Wildman–Crippen MR) is 89.7 cm³/mol. The topological polar surface area (TPSA) is 55.1 Å². The highest BCUT2D eigenvalue weighted by molar-refractivity contribution is 9.10. The Morgan fingerprint density at radius 3 is 2.30 bits per heavy atom. The first-order valence-corrected chi connectivity index (χ1v) is 7.69. The van der Waals surface area contributed by atoms with Gasteiger partial charge in [0.2, 0.25) is 5.91 Å². The molecule has 1 aliphatic rings. The molecule has 0 radical (unpaired) electrons. The average Bonchev–Trinajstić information content (AvgIpc) is 2.68. The largest absolute Gasteiger partial charge is 0.389 e. The van der Waals surface area contributed by atoms with Crippen LogP contribution in [0.4, 0.5) is 5.69 Å². The van der Waals surface area contributed by atoms with Gasteiger partial charge in [0.25, 0.3) is 0 Å². The summed E-state index contributed by atoms with van der Waals surface area (Å²) in [6.07, 6.45) is 0. The van der Waals surface area contributed by atoms with Gasteiger partial charge in [0.1, 0.15) is 4.99 Å². The number of amides is 1. The van der Waals surface area contributed by atoms with E-state index in [2.05, 4.69) is 48.9 Å². The van der Waals surface area contributed by atoms with E-state index in [1.165, 1.54) is 0 Å². The molecule has 108 valence electrons.